The van der Waals surface area contributed by atoms with Crippen LogP contribution in [0, 0.1) is 11.8 Å². The second-order valence-electron chi connectivity index (χ2n) is 3.12. The van der Waals surface area contributed by atoms with Crippen molar-refractivity contribution in [2.45, 2.75) is 13.3 Å². The molecule has 0 aromatic heterocycles. The van der Waals surface area contributed by atoms with Crippen LogP contribution in [-0.4, -0.2) is 19.7 Å². The maximum atomic E-state index is 5.54. The first-order valence-electron chi connectivity index (χ1n) is 5.21. The predicted octanol–water partition coefficient (Wildman–Crippen LogP) is 2.07. The average Bonchev–Trinajstić information content (AvgIpc) is 2.29. The fraction of sp³-hybridized carbons (Fsp3) is 0.385. The van der Waals surface area contributed by atoms with Crippen LogP contribution in [0.2, 0.25) is 0 Å². The highest BCUT2D eigenvalue weighted by molar-refractivity contribution is 5.20. The average molecular weight is 203 g/mol. The number of para-hydroxylation sites is 1. The van der Waals surface area contributed by atoms with Crippen LogP contribution in [0.15, 0.2) is 30.3 Å². The van der Waals surface area contributed by atoms with E-state index in [1.165, 1.54) is 0 Å². The van der Waals surface area contributed by atoms with Gasteiger partial charge < -0.3 is 10.1 Å². The van der Waals surface area contributed by atoms with Crippen molar-refractivity contribution in [3.63, 3.8) is 0 Å². The second-order valence-corrected chi connectivity index (χ2v) is 3.12. The van der Waals surface area contributed by atoms with Crippen molar-refractivity contribution in [3.8, 4) is 17.6 Å². The number of ether oxygens (including phenoxy) is 1. The van der Waals surface area contributed by atoms with Crippen LogP contribution in [0.4, 0.5) is 0 Å². The second kappa shape index (κ2) is 7.90. The topological polar surface area (TPSA) is 21.3 Å². The summed E-state index contributed by atoms with van der Waals surface area (Å²) in [6.45, 7) is 4.31. The van der Waals surface area contributed by atoms with Gasteiger partial charge in [0.2, 0.25) is 0 Å². The highest BCUT2D eigenvalue weighted by Crippen LogP contribution is 2.07. The van der Waals surface area contributed by atoms with Gasteiger partial charge in [-0.15, -0.1) is 5.92 Å². The third-order valence-corrected chi connectivity index (χ3v) is 1.90. The molecule has 0 unspecified atom stereocenters. The van der Waals surface area contributed by atoms with Gasteiger partial charge in [-0.3, -0.25) is 0 Å². The third kappa shape index (κ3) is 5.77. The van der Waals surface area contributed by atoms with Crippen LogP contribution in [0.3, 0.4) is 0 Å². The van der Waals surface area contributed by atoms with E-state index in [9.17, 15) is 0 Å². The van der Waals surface area contributed by atoms with Gasteiger partial charge in [-0.25, -0.2) is 0 Å². The van der Waals surface area contributed by atoms with Crippen molar-refractivity contribution in [1.82, 2.24) is 5.32 Å². The summed E-state index contributed by atoms with van der Waals surface area (Å²) >= 11 is 0. The molecule has 0 amide bonds. The van der Waals surface area contributed by atoms with Gasteiger partial charge in [0.15, 0.2) is 0 Å². The Morgan fingerprint density at radius 2 is 2.07 bits per heavy atom. The van der Waals surface area contributed by atoms with Crippen molar-refractivity contribution in [2.24, 2.45) is 0 Å². The molecule has 0 aliphatic carbocycles. The molecule has 0 bridgehead atoms. The zero-order valence-electron chi connectivity index (χ0n) is 9.12. The first kappa shape index (κ1) is 11.6. The molecule has 2 nitrogen and oxygen atoms in total. The summed E-state index contributed by atoms with van der Waals surface area (Å²) in [5.74, 6) is 6.73. The van der Waals surface area contributed by atoms with Gasteiger partial charge in [-0.05, 0) is 32.0 Å². The van der Waals surface area contributed by atoms with E-state index >= 15 is 0 Å². The smallest absolute Gasteiger partial charge is 0.119 e. The predicted molar refractivity (Wildman–Crippen MR) is 62.9 cm³/mol. The molecule has 0 aliphatic rings. The van der Waals surface area contributed by atoms with Crippen molar-refractivity contribution in [1.29, 1.82) is 0 Å². The van der Waals surface area contributed by atoms with E-state index < -0.39 is 0 Å². The van der Waals surface area contributed by atoms with Crippen LogP contribution in [0.5, 0.6) is 5.75 Å². The SMILES string of the molecule is CC#CCNCCCOc1ccccc1. The molecule has 0 saturated heterocycles. The van der Waals surface area contributed by atoms with Gasteiger partial charge in [0.05, 0.1) is 13.2 Å². The van der Waals surface area contributed by atoms with Crippen molar-refractivity contribution < 1.29 is 4.74 Å². The van der Waals surface area contributed by atoms with E-state index in [1.807, 2.05) is 37.3 Å². The minimum absolute atomic E-state index is 0.747. The molecular formula is C13H17NO. The van der Waals surface area contributed by atoms with Gasteiger partial charge >= 0.3 is 0 Å². The van der Waals surface area contributed by atoms with E-state index in [1.54, 1.807) is 0 Å². The summed E-state index contributed by atoms with van der Waals surface area (Å²) in [5.41, 5.74) is 0. The van der Waals surface area contributed by atoms with Crippen LogP contribution in [0.25, 0.3) is 0 Å². The standard InChI is InChI=1S/C13H17NO/c1-2-3-10-14-11-7-12-15-13-8-5-4-6-9-13/h4-6,8-9,14H,7,10-12H2,1H3. The summed E-state index contributed by atoms with van der Waals surface area (Å²) < 4.78 is 5.54. The molecule has 0 radical (unpaired) electrons. The fourth-order valence-electron chi connectivity index (χ4n) is 1.14. The molecule has 0 atom stereocenters. The number of nitrogens with one attached hydrogen (secondary N) is 1. The molecule has 0 aliphatic heterocycles. The van der Waals surface area contributed by atoms with Gasteiger partial charge in [-0.2, -0.15) is 0 Å². The lowest BCUT2D eigenvalue weighted by molar-refractivity contribution is 0.309. The monoisotopic (exact) mass is 203 g/mol. The summed E-state index contributed by atoms with van der Waals surface area (Å²) in [7, 11) is 0. The van der Waals surface area contributed by atoms with Gasteiger partial charge in [0.1, 0.15) is 5.75 Å². The van der Waals surface area contributed by atoms with Crippen LogP contribution >= 0.6 is 0 Å². The lowest BCUT2D eigenvalue weighted by Crippen LogP contribution is -2.17. The summed E-state index contributed by atoms with van der Waals surface area (Å²) in [4.78, 5) is 0. The summed E-state index contributed by atoms with van der Waals surface area (Å²) in [6, 6.07) is 9.87. The lowest BCUT2D eigenvalue weighted by Gasteiger charge is -2.05. The number of hydrogen-bond acceptors (Lipinski definition) is 2. The van der Waals surface area contributed by atoms with Crippen molar-refractivity contribution in [2.75, 3.05) is 19.7 Å². The Kier molecular flexibility index (Phi) is 6.12. The highest BCUT2D eigenvalue weighted by atomic mass is 16.5. The molecule has 15 heavy (non-hydrogen) atoms. The quantitative estimate of drug-likeness (QED) is 0.564. The lowest BCUT2D eigenvalue weighted by atomic mass is 10.3. The molecule has 0 saturated carbocycles. The van der Waals surface area contributed by atoms with Crippen LogP contribution in [-0.2, 0) is 0 Å². The molecule has 1 rings (SSSR count). The van der Waals surface area contributed by atoms with E-state index in [-0.39, 0.29) is 0 Å². The highest BCUT2D eigenvalue weighted by Gasteiger charge is 1.90. The summed E-state index contributed by atoms with van der Waals surface area (Å²) in [6.07, 6.45) is 1.00. The fourth-order valence-corrected chi connectivity index (χ4v) is 1.14. The Bertz CT molecular complexity index is 310. The molecule has 0 heterocycles. The minimum Gasteiger partial charge on any atom is -0.494 e. The Labute approximate surface area is 91.6 Å². The first-order chi connectivity index (χ1) is 7.43. The van der Waals surface area contributed by atoms with E-state index in [2.05, 4.69) is 17.2 Å². The van der Waals surface area contributed by atoms with E-state index in [4.69, 9.17) is 4.74 Å². The van der Waals surface area contributed by atoms with E-state index in [0.29, 0.717) is 0 Å². The molecule has 0 fully saturated rings. The molecule has 2 heteroatoms. The van der Waals surface area contributed by atoms with Crippen molar-refractivity contribution in [3.05, 3.63) is 30.3 Å². The third-order valence-electron chi connectivity index (χ3n) is 1.90. The Hall–Kier alpha value is -1.46. The number of benzene rings is 1. The number of rotatable bonds is 6. The normalized spacial score (nSPS) is 9.13. The zero-order valence-corrected chi connectivity index (χ0v) is 9.12. The first-order valence-corrected chi connectivity index (χ1v) is 5.21. The maximum absolute atomic E-state index is 5.54. The van der Waals surface area contributed by atoms with Gasteiger partial charge in [0.25, 0.3) is 0 Å². The molecule has 0 spiro atoms. The molecular weight excluding hydrogens is 186 g/mol. The summed E-state index contributed by atoms with van der Waals surface area (Å²) in [5, 5.41) is 3.22. The van der Waals surface area contributed by atoms with Gasteiger partial charge in [0, 0.05) is 0 Å². The zero-order chi connectivity index (χ0) is 10.8. The molecule has 1 aromatic carbocycles. The van der Waals surface area contributed by atoms with Crippen LogP contribution in [0.1, 0.15) is 13.3 Å². The van der Waals surface area contributed by atoms with Gasteiger partial charge in [-0.1, -0.05) is 24.1 Å². The largest absolute Gasteiger partial charge is 0.494 e. The molecule has 80 valence electrons. The Morgan fingerprint density at radius 3 is 2.80 bits per heavy atom. The van der Waals surface area contributed by atoms with E-state index in [0.717, 1.165) is 31.9 Å². The number of hydrogen-bond donors (Lipinski definition) is 1. The van der Waals surface area contributed by atoms with Crippen LogP contribution < -0.4 is 10.1 Å². The van der Waals surface area contributed by atoms with Crippen molar-refractivity contribution >= 4 is 0 Å². The Morgan fingerprint density at radius 1 is 1.27 bits per heavy atom. The Balaban J connectivity index is 1.99. The molecule has 1 aromatic rings. The maximum Gasteiger partial charge on any atom is 0.119 e. The molecule has 1 N–H and O–H groups in total. The minimum atomic E-state index is 0.747.